The lowest BCUT2D eigenvalue weighted by atomic mass is 10.6. The molecule has 41 valence electrons. The van der Waals surface area contributed by atoms with Gasteiger partial charge in [-0.05, 0) is 0 Å². The number of alkyl halides is 2. The van der Waals surface area contributed by atoms with Gasteiger partial charge < -0.3 is 0 Å². The van der Waals surface area contributed by atoms with E-state index in [1.165, 1.54) is 0 Å². The molecule has 0 unspecified atom stereocenters. The smallest absolute Gasteiger partial charge is 0.101 e. The van der Waals surface area contributed by atoms with Gasteiger partial charge in [-0.1, -0.05) is 24.8 Å². The summed E-state index contributed by atoms with van der Waals surface area (Å²) in [6.45, 7) is 0. The van der Waals surface area contributed by atoms with Crippen LogP contribution in [0, 0.1) is 0 Å². The monoisotopic (exact) mass is 155 g/mol. The fourth-order valence-electron chi connectivity index (χ4n) is 0.158. The molecule has 0 spiro atoms. The lowest BCUT2D eigenvalue weighted by Crippen LogP contribution is -1.74. The summed E-state index contributed by atoms with van der Waals surface area (Å²) in [5.41, 5.74) is 0. The Morgan fingerprint density at radius 1 is 1.57 bits per heavy atom. The van der Waals surface area contributed by atoms with Gasteiger partial charge in [0.15, 0.2) is 0 Å². The van der Waals surface area contributed by atoms with Crippen LogP contribution >= 0.6 is 35.8 Å². The lowest BCUT2D eigenvalue weighted by molar-refractivity contribution is 1.57. The summed E-state index contributed by atoms with van der Waals surface area (Å²) in [5, 5.41) is 0. The maximum absolute atomic E-state index is 5.29. The molecule has 0 amide bonds. The molecule has 0 rings (SSSR count). The molecular weight excluding hydrogens is 151 g/mol. The highest BCUT2D eigenvalue weighted by Crippen LogP contribution is 2.01. The second kappa shape index (κ2) is 4.82. The van der Waals surface area contributed by atoms with Crippen LogP contribution < -0.4 is 0 Å². The SMILES string of the molecule is [S]C/C=C/C(Cl)Cl. The van der Waals surface area contributed by atoms with E-state index in [0.29, 0.717) is 5.75 Å². The first-order chi connectivity index (χ1) is 3.27. The Balaban J connectivity index is 3.08. The summed E-state index contributed by atoms with van der Waals surface area (Å²) < 4.78 is 0. The van der Waals surface area contributed by atoms with Gasteiger partial charge in [-0.2, -0.15) is 0 Å². The molecule has 0 saturated carbocycles. The van der Waals surface area contributed by atoms with E-state index in [4.69, 9.17) is 23.2 Å². The van der Waals surface area contributed by atoms with Crippen molar-refractivity contribution in [2.24, 2.45) is 0 Å². The molecule has 0 aliphatic carbocycles. The van der Waals surface area contributed by atoms with Gasteiger partial charge in [0, 0.05) is 5.75 Å². The molecule has 0 aromatic heterocycles. The molecule has 0 saturated heterocycles. The van der Waals surface area contributed by atoms with E-state index in [2.05, 4.69) is 12.6 Å². The van der Waals surface area contributed by atoms with Crippen LogP contribution in [0.5, 0.6) is 0 Å². The Morgan fingerprint density at radius 3 is 2.29 bits per heavy atom. The average molecular weight is 156 g/mol. The van der Waals surface area contributed by atoms with E-state index >= 15 is 0 Å². The summed E-state index contributed by atoms with van der Waals surface area (Å²) in [6, 6.07) is 0. The first-order valence-corrected chi connectivity index (χ1v) is 3.25. The summed E-state index contributed by atoms with van der Waals surface area (Å²) in [4.78, 5) is -0.400. The van der Waals surface area contributed by atoms with Crippen molar-refractivity contribution in [3.8, 4) is 0 Å². The minimum absolute atomic E-state index is 0.400. The van der Waals surface area contributed by atoms with Crippen molar-refractivity contribution >= 4 is 35.8 Å². The molecule has 0 bridgehead atoms. The highest BCUT2D eigenvalue weighted by atomic mass is 35.5. The van der Waals surface area contributed by atoms with Gasteiger partial charge in [0.2, 0.25) is 0 Å². The van der Waals surface area contributed by atoms with Crippen LogP contribution in [0.1, 0.15) is 0 Å². The number of halogens is 2. The van der Waals surface area contributed by atoms with E-state index in [9.17, 15) is 0 Å². The highest BCUT2D eigenvalue weighted by Gasteiger charge is 1.84. The Hall–Kier alpha value is 0.670. The molecule has 3 heteroatoms. The lowest BCUT2D eigenvalue weighted by Gasteiger charge is -1.83. The van der Waals surface area contributed by atoms with Crippen LogP contribution in [0.15, 0.2) is 12.2 Å². The fourth-order valence-corrected chi connectivity index (χ4v) is 0.475. The van der Waals surface area contributed by atoms with Crippen molar-refractivity contribution in [1.82, 2.24) is 0 Å². The predicted octanol–water partition coefficient (Wildman–Crippen LogP) is 2.54. The molecule has 0 N–H and O–H groups in total. The molecule has 0 aromatic carbocycles. The quantitative estimate of drug-likeness (QED) is 0.425. The second-order valence-electron chi connectivity index (χ2n) is 0.929. The van der Waals surface area contributed by atoms with Crippen LogP contribution in [-0.2, 0) is 0 Å². The van der Waals surface area contributed by atoms with Gasteiger partial charge in [-0.3, -0.25) is 0 Å². The first-order valence-electron chi connectivity index (χ1n) is 1.80. The highest BCUT2D eigenvalue weighted by molar-refractivity contribution is 7.80. The molecule has 0 fully saturated rings. The Bertz CT molecular complexity index is 60.7. The Morgan fingerprint density at radius 2 is 2.14 bits per heavy atom. The molecular formula is C4H5Cl2S. The third-order valence-corrected chi connectivity index (χ3v) is 0.861. The normalized spacial score (nSPS) is 11.4. The van der Waals surface area contributed by atoms with E-state index < -0.39 is 4.84 Å². The largest absolute Gasteiger partial charge is 0.125 e. The van der Waals surface area contributed by atoms with Gasteiger partial charge in [0.1, 0.15) is 4.84 Å². The summed E-state index contributed by atoms with van der Waals surface area (Å²) in [5.74, 6) is 0.579. The Kier molecular flexibility index (Phi) is 5.28. The molecule has 0 atom stereocenters. The summed E-state index contributed by atoms with van der Waals surface area (Å²) in [6.07, 6.45) is 3.40. The van der Waals surface area contributed by atoms with Crippen LogP contribution in [0.3, 0.4) is 0 Å². The van der Waals surface area contributed by atoms with E-state index in [1.54, 1.807) is 12.2 Å². The molecule has 0 heterocycles. The van der Waals surface area contributed by atoms with Gasteiger partial charge in [-0.15, -0.1) is 23.2 Å². The minimum atomic E-state index is -0.400. The molecule has 0 aromatic rings. The van der Waals surface area contributed by atoms with Gasteiger partial charge >= 0.3 is 0 Å². The van der Waals surface area contributed by atoms with Crippen molar-refractivity contribution in [1.29, 1.82) is 0 Å². The number of rotatable bonds is 2. The zero-order valence-corrected chi connectivity index (χ0v) is 5.93. The minimum Gasteiger partial charge on any atom is -0.101 e. The number of hydrogen-bond donors (Lipinski definition) is 0. The third-order valence-electron chi connectivity index (χ3n) is 0.378. The van der Waals surface area contributed by atoms with Gasteiger partial charge in [0.05, 0.1) is 0 Å². The first kappa shape index (κ1) is 7.67. The van der Waals surface area contributed by atoms with Crippen molar-refractivity contribution in [2.75, 3.05) is 5.75 Å². The number of hydrogen-bond acceptors (Lipinski definition) is 0. The van der Waals surface area contributed by atoms with Crippen LogP contribution in [0.25, 0.3) is 0 Å². The standard InChI is InChI=1S/C4H5Cl2S/c5-4(6)2-1-3-7/h1-2,4H,3H2/b2-1+. The molecule has 7 heavy (non-hydrogen) atoms. The van der Waals surface area contributed by atoms with Crippen molar-refractivity contribution in [2.45, 2.75) is 4.84 Å². The fraction of sp³-hybridized carbons (Fsp3) is 0.500. The second-order valence-corrected chi connectivity index (χ2v) is 2.43. The van der Waals surface area contributed by atoms with Gasteiger partial charge in [-0.25, -0.2) is 0 Å². The zero-order chi connectivity index (χ0) is 5.70. The number of allylic oxidation sites excluding steroid dienone is 1. The molecule has 0 nitrogen and oxygen atoms in total. The van der Waals surface area contributed by atoms with E-state index in [1.807, 2.05) is 0 Å². The molecule has 1 radical (unpaired) electrons. The van der Waals surface area contributed by atoms with Crippen molar-refractivity contribution < 1.29 is 0 Å². The molecule has 0 aliphatic rings. The van der Waals surface area contributed by atoms with Crippen LogP contribution in [-0.4, -0.2) is 10.6 Å². The maximum Gasteiger partial charge on any atom is 0.125 e. The predicted molar refractivity (Wildman–Crippen MR) is 37.1 cm³/mol. The topological polar surface area (TPSA) is 0 Å². The third kappa shape index (κ3) is 6.67. The Labute approximate surface area is 58.9 Å². The average Bonchev–Trinajstić information content (AvgIpc) is 1.61. The van der Waals surface area contributed by atoms with Crippen LogP contribution in [0.2, 0.25) is 0 Å². The van der Waals surface area contributed by atoms with Crippen molar-refractivity contribution in [3.05, 3.63) is 12.2 Å². The van der Waals surface area contributed by atoms with E-state index in [0.717, 1.165) is 0 Å². The van der Waals surface area contributed by atoms with Crippen LogP contribution in [0.4, 0.5) is 0 Å². The summed E-state index contributed by atoms with van der Waals surface area (Å²) in [7, 11) is 0. The summed E-state index contributed by atoms with van der Waals surface area (Å²) >= 11 is 15.1. The zero-order valence-electron chi connectivity index (χ0n) is 3.60. The molecule has 0 aliphatic heterocycles. The van der Waals surface area contributed by atoms with E-state index in [-0.39, 0.29) is 0 Å². The van der Waals surface area contributed by atoms with Crippen molar-refractivity contribution in [3.63, 3.8) is 0 Å². The van der Waals surface area contributed by atoms with Gasteiger partial charge in [0.25, 0.3) is 0 Å². The maximum atomic E-state index is 5.29.